The highest BCUT2D eigenvalue weighted by Crippen LogP contribution is 2.03. The molecule has 0 saturated carbocycles. The summed E-state index contributed by atoms with van der Waals surface area (Å²) in [6.07, 6.45) is 0.202. The predicted molar refractivity (Wildman–Crippen MR) is 59.6 cm³/mol. The minimum atomic E-state index is -0.938. The van der Waals surface area contributed by atoms with E-state index >= 15 is 0 Å². The topological polar surface area (TPSA) is 70.4 Å². The highest BCUT2D eigenvalue weighted by molar-refractivity contribution is 5.76. The van der Waals surface area contributed by atoms with E-state index in [4.69, 9.17) is 0 Å². The predicted octanol–water partition coefficient (Wildman–Crippen LogP) is 0.982. The van der Waals surface area contributed by atoms with E-state index in [0.717, 1.165) is 11.1 Å². The van der Waals surface area contributed by atoms with E-state index in [1.54, 1.807) is 31.2 Å². The van der Waals surface area contributed by atoms with E-state index in [1.165, 1.54) is 0 Å². The van der Waals surface area contributed by atoms with Gasteiger partial charge in [0.25, 0.3) is 5.56 Å². The van der Waals surface area contributed by atoms with E-state index in [9.17, 15) is 9.59 Å². The lowest BCUT2D eigenvalue weighted by Crippen LogP contribution is -2.31. The number of para-hydroxylation sites is 1. The lowest BCUT2D eigenvalue weighted by molar-refractivity contribution is 0.0479. The fourth-order valence-electron chi connectivity index (χ4n) is 1.34. The van der Waals surface area contributed by atoms with Gasteiger partial charge in [-0.05, 0) is 19.1 Å². The van der Waals surface area contributed by atoms with Crippen LogP contribution in [0, 0.1) is 0 Å². The Morgan fingerprint density at radius 3 is 2.94 bits per heavy atom. The Balaban J connectivity index is 2.39. The van der Waals surface area contributed by atoms with Crippen LogP contribution >= 0.6 is 0 Å². The number of fused-ring (bicyclic) bond motifs is 1. The molecule has 88 valence electrons. The molecule has 1 aromatic heterocycles. The molecule has 0 bridgehead atoms. The molecule has 0 aliphatic heterocycles. The van der Waals surface area contributed by atoms with Crippen LogP contribution in [0.4, 0.5) is 4.79 Å². The number of nitrogens with zero attached hydrogens (tertiary/aromatic N) is 2. The molecule has 0 aliphatic carbocycles. The van der Waals surface area contributed by atoms with E-state index in [0.29, 0.717) is 10.9 Å². The Hall–Kier alpha value is -2.37. The molecular weight excluding hydrogens is 224 g/mol. The maximum atomic E-state index is 11.9. The molecule has 2 aromatic rings. The van der Waals surface area contributed by atoms with Gasteiger partial charge in [0, 0.05) is 0 Å². The number of hydrogen-bond donors (Lipinski definition) is 0. The Labute approximate surface area is 96.4 Å². The van der Waals surface area contributed by atoms with Crippen molar-refractivity contribution in [3.05, 3.63) is 40.9 Å². The second-order valence-electron chi connectivity index (χ2n) is 3.17. The number of aromatic nitrogens is 2. The molecule has 2 rings (SSSR count). The summed E-state index contributed by atoms with van der Waals surface area (Å²) >= 11 is 0. The third kappa shape index (κ3) is 2.25. The maximum Gasteiger partial charge on any atom is 0.533 e. The Kier molecular flexibility index (Phi) is 3.04. The van der Waals surface area contributed by atoms with E-state index in [2.05, 4.69) is 14.6 Å². The first-order valence-corrected chi connectivity index (χ1v) is 5.04. The largest absolute Gasteiger partial charge is 0.533 e. The molecule has 0 atom stereocenters. The van der Waals surface area contributed by atoms with Gasteiger partial charge in [-0.1, -0.05) is 12.1 Å². The molecule has 0 saturated heterocycles. The minimum Gasteiger partial charge on any atom is -0.433 e. The monoisotopic (exact) mass is 234 g/mol. The van der Waals surface area contributed by atoms with Crippen LogP contribution in [0.2, 0.25) is 0 Å². The van der Waals surface area contributed by atoms with Crippen molar-refractivity contribution in [2.24, 2.45) is 0 Å². The molecule has 0 fully saturated rings. The van der Waals surface area contributed by atoms with E-state index < -0.39 is 11.7 Å². The van der Waals surface area contributed by atoms with Crippen molar-refractivity contribution in [3.8, 4) is 0 Å². The van der Waals surface area contributed by atoms with Crippen molar-refractivity contribution >= 4 is 17.1 Å². The molecule has 1 heterocycles. The summed E-state index contributed by atoms with van der Waals surface area (Å²) < 4.78 is 5.31. The smallest absolute Gasteiger partial charge is 0.433 e. The zero-order valence-electron chi connectivity index (χ0n) is 9.12. The number of carbonyl (C=O) groups is 1. The van der Waals surface area contributed by atoms with Gasteiger partial charge in [0.15, 0.2) is 0 Å². The van der Waals surface area contributed by atoms with Gasteiger partial charge in [-0.2, -0.15) is 0 Å². The summed E-state index contributed by atoms with van der Waals surface area (Å²) in [6, 6.07) is 6.78. The molecule has 0 radical (unpaired) electrons. The van der Waals surface area contributed by atoms with Gasteiger partial charge >= 0.3 is 6.16 Å². The van der Waals surface area contributed by atoms with Crippen LogP contribution in [0.5, 0.6) is 0 Å². The third-order valence-electron chi connectivity index (χ3n) is 2.07. The Morgan fingerprint density at radius 2 is 2.18 bits per heavy atom. The zero-order chi connectivity index (χ0) is 12.3. The first-order chi connectivity index (χ1) is 8.22. The standard InChI is InChI=1S/C11H10N2O4/c1-2-16-11(15)17-13-7-12-9-6-4-3-5-8(9)10(13)14/h3-7H,2H2,1H3. The molecule has 0 unspecified atom stereocenters. The highest BCUT2D eigenvalue weighted by Gasteiger charge is 2.08. The Bertz CT molecular complexity index is 606. The minimum absolute atomic E-state index is 0.175. The maximum absolute atomic E-state index is 11.9. The quantitative estimate of drug-likeness (QED) is 0.724. The van der Waals surface area contributed by atoms with Gasteiger partial charge in [0.05, 0.1) is 17.5 Å². The molecule has 0 aliphatic rings. The van der Waals surface area contributed by atoms with Crippen LogP contribution in [0.3, 0.4) is 0 Å². The molecule has 0 N–H and O–H groups in total. The van der Waals surface area contributed by atoms with Crippen molar-refractivity contribution in [3.63, 3.8) is 0 Å². The second-order valence-corrected chi connectivity index (χ2v) is 3.17. The molecule has 0 spiro atoms. The van der Waals surface area contributed by atoms with E-state index in [-0.39, 0.29) is 6.61 Å². The summed E-state index contributed by atoms with van der Waals surface area (Å²) in [4.78, 5) is 31.6. The first kappa shape index (κ1) is 11.1. The summed E-state index contributed by atoms with van der Waals surface area (Å²) in [5, 5.41) is 0.374. The van der Waals surface area contributed by atoms with Gasteiger partial charge in [0.2, 0.25) is 0 Å². The fraction of sp³-hybridized carbons (Fsp3) is 0.182. The van der Waals surface area contributed by atoms with Crippen molar-refractivity contribution in [1.29, 1.82) is 0 Å². The zero-order valence-corrected chi connectivity index (χ0v) is 9.12. The number of benzene rings is 1. The summed E-state index contributed by atoms with van der Waals surface area (Å²) in [5.41, 5.74) is 0.0878. The third-order valence-corrected chi connectivity index (χ3v) is 2.07. The molecular formula is C11H10N2O4. The molecule has 0 amide bonds. The van der Waals surface area contributed by atoms with Crippen LogP contribution in [-0.2, 0) is 4.74 Å². The summed E-state index contributed by atoms with van der Waals surface area (Å²) in [6.45, 7) is 1.82. The van der Waals surface area contributed by atoms with Crippen molar-refractivity contribution < 1.29 is 14.4 Å². The van der Waals surface area contributed by atoms with Gasteiger partial charge in [-0.15, -0.1) is 4.73 Å². The average Bonchev–Trinajstić information content (AvgIpc) is 2.33. The van der Waals surface area contributed by atoms with Crippen LogP contribution in [0.15, 0.2) is 35.4 Å². The first-order valence-electron chi connectivity index (χ1n) is 5.04. The van der Waals surface area contributed by atoms with Crippen LogP contribution in [-0.4, -0.2) is 22.5 Å². The SMILES string of the molecule is CCOC(=O)On1cnc2ccccc2c1=O. The van der Waals surface area contributed by atoms with Gasteiger partial charge in [-0.25, -0.2) is 9.78 Å². The van der Waals surface area contributed by atoms with Crippen LogP contribution < -0.4 is 10.4 Å². The van der Waals surface area contributed by atoms with Crippen molar-refractivity contribution in [2.75, 3.05) is 6.61 Å². The average molecular weight is 234 g/mol. The summed E-state index contributed by atoms with van der Waals surface area (Å²) in [5.74, 6) is 0. The number of hydrogen-bond acceptors (Lipinski definition) is 5. The molecule has 6 heteroatoms. The normalized spacial score (nSPS) is 10.2. The Morgan fingerprint density at radius 1 is 1.41 bits per heavy atom. The second kappa shape index (κ2) is 4.65. The van der Waals surface area contributed by atoms with Crippen LogP contribution in [0.1, 0.15) is 6.92 Å². The summed E-state index contributed by atoms with van der Waals surface area (Å²) in [7, 11) is 0. The number of rotatable bonds is 2. The number of carbonyl (C=O) groups excluding carboxylic acids is 1. The number of ether oxygens (including phenoxy) is 1. The van der Waals surface area contributed by atoms with Crippen molar-refractivity contribution in [2.45, 2.75) is 6.92 Å². The van der Waals surface area contributed by atoms with Crippen molar-refractivity contribution in [1.82, 2.24) is 9.71 Å². The lowest BCUT2D eigenvalue weighted by Gasteiger charge is -2.05. The molecule has 6 nitrogen and oxygen atoms in total. The molecule has 17 heavy (non-hydrogen) atoms. The lowest BCUT2D eigenvalue weighted by atomic mass is 10.2. The van der Waals surface area contributed by atoms with Gasteiger partial charge in [-0.3, -0.25) is 9.63 Å². The van der Waals surface area contributed by atoms with Gasteiger partial charge in [0.1, 0.15) is 6.33 Å². The highest BCUT2D eigenvalue weighted by atomic mass is 16.8. The van der Waals surface area contributed by atoms with E-state index in [1.807, 2.05) is 0 Å². The fourth-order valence-corrected chi connectivity index (χ4v) is 1.34. The van der Waals surface area contributed by atoms with Crippen LogP contribution in [0.25, 0.3) is 10.9 Å². The van der Waals surface area contributed by atoms with Gasteiger partial charge < -0.3 is 4.74 Å². The molecule has 1 aromatic carbocycles.